The summed E-state index contributed by atoms with van der Waals surface area (Å²) >= 11 is 3.32. The Kier molecular flexibility index (Phi) is 5.73. The summed E-state index contributed by atoms with van der Waals surface area (Å²) < 4.78 is 8.11. The number of hydrogen-bond donors (Lipinski definition) is 1. The number of urea groups is 1. The van der Waals surface area contributed by atoms with Crippen LogP contribution in [-0.4, -0.2) is 29.0 Å². The van der Waals surface area contributed by atoms with E-state index in [1.54, 1.807) is 30.3 Å². The molecule has 2 aromatic carbocycles. The van der Waals surface area contributed by atoms with E-state index in [-0.39, 0.29) is 5.57 Å². The summed E-state index contributed by atoms with van der Waals surface area (Å²) in [4.78, 5) is 38.8. The molecule has 3 aromatic rings. The minimum absolute atomic E-state index is 0.131. The van der Waals surface area contributed by atoms with Crippen molar-refractivity contribution in [1.82, 2.24) is 9.88 Å². The van der Waals surface area contributed by atoms with Crippen LogP contribution in [0.15, 0.2) is 76.9 Å². The molecule has 2 heterocycles. The Morgan fingerprint density at radius 1 is 0.968 bits per heavy atom. The van der Waals surface area contributed by atoms with Gasteiger partial charge in [-0.25, -0.2) is 9.69 Å². The number of hydrogen-bond acceptors (Lipinski definition) is 4. The second-order valence-corrected chi connectivity index (χ2v) is 7.58. The van der Waals surface area contributed by atoms with E-state index in [1.165, 1.54) is 6.08 Å². The molecule has 4 rings (SSSR count). The van der Waals surface area contributed by atoms with Crippen molar-refractivity contribution in [1.29, 1.82) is 0 Å². The molecule has 1 aliphatic rings. The summed E-state index contributed by atoms with van der Waals surface area (Å²) in [5.41, 5.74) is 1.69. The molecular formula is C23H18BrN3O4. The highest BCUT2D eigenvalue weighted by molar-refractivity contribution is 9.10. The first-order valence-electron chi connectivity index (χ1n) is 9.55. The number of imide groups is 2. The quantitative estimate of drug-likeness (QED) is 0.436. The van der Waals surface area contributed by atoms with Gasteiger partial charge in [0.1, 0.15) is 11.3 Å². The topological polar surface area (TPSA) is 80.6 Å². The molecule has 0 saturated carbocycles. The van der Waals surface area contributed by atoms with Crippen LogP contribution in [-0.2, 0) is 9.59 Å². The molecular weight excluding hydrogens is 462 g/mol. The number of amides is 4. The van der Waals surface area contributed by atoms with E-state index < -0.39 is 17.8 Å². The number of anilines is 1. The van der Waals surface area contributed by atoms with Gasteiger partial charge in [0, 0.05) is 22.1 Å². The third-order valence-corrected chi connectivity index (χ3v) is 5.21. The summed E-state index contributed by atoms with van der Waals surface area (Å²) in [5, 5.41) is 2.24. The molecule has 1 saturated heterocycles. The molecule has 0 radical (unpaired) electrons. The van der Waals surface area contributed by atoms with Gasteiger partial charge in [-0.3, -0.25) is 14.9 Å². The fourth-order valence-electron chi connectivity index (χ4n) is 3.25. The third kappa shape index (κ3) is 4.15. The predicted molar refractivity (Wildman–Crippen MR) is 120 cm³/mol. The van der Waals surface area contributed by atoms with Crippen LogP contribution >= 0.6 is 15.9 Å². The van der Waals surface area contributed by atoms with E-state index in [4.69, 9.17) is 4.74 Å². The highest BCUT2D eigenvalue weighted by Gasteiger charge is 2.36. The maximum Gasteiger partial charge on any atom is 0.335 e. The summed E-state index contributed by atoms with van der Waals surface area (Å²) in [5.74, 6) is -0.665. The first kappa shape index (κ1) is 20.6. The van der Waals surface area contributed by atoms with Gasteiger partial charge in [0.05, 0.1) is 12.3 Å². The molecule has 7 nitrogen and oxygen atoms in total. The Labute approximate surface area is 187 Å². The van der Waals surface area contributed by atoms with Crippen molar-refractivity contribution in [3.05, 3.63) is 82.6 Å². The number of barbiturate groups is 1. The van der Waals surface area contributed by atoms with E-state index in [2.05, 4.69) is 21.2 Å². The van der Waals surface area contributed by atoms with Gasteiger partial charge in [0.15, 0.2) is 0 Å². The van der Waals surface area contributed by atoms with Gasteiger partial charge in [-0.1, -0.05) is 15.9 Å². The van der Waals surface area contributed by atoms with Crippen molar-refractivity contribution < 1.29 is 19.1 Å². The van der Waals surface area contributed by atoms with Crippen molar-refractivity contribution in [3.63, 3.8) is 0 Å². The van der Waals surface area contributed by atoms with E-state index in [1.807, 2.05) is 48.0 Å². The first-order valence-corrected chi connectivity index (χ1v) is 10.3. The fourth-order valence-corrected chi connectivity index (χ4v) is 3.51. The summed E-state index contributed by atoms with van der Waals surface area (Å²) in [6.07, 6.45) is 3.30. The van der Waals surface area contributed by atoms with Gasteiger partial charge < -0.3 is 9.30 Å². The van der Waals surface area contributed by atoms with Crippen molar-refractivity contribution in [2.75, 3.05) is 11.5 Å². The van der Waals surface area contributed by atoms with Gasteiger partial charge in [-0.2, -0.15) is 0 Å². The fraction of sp³-hybridized carbons (Fsp3) is 0.0870. The average Bonchev–Trinajstić information content (AvgIpc) is 3.21. The van der Waals surface area contributed by atoms with Crippen LogP contribution in [0, 0.1) is 0 Å². The van der Waals surface area contributed by atoms with Crippen molar-refractivity contribution in [2.24, 2.45) is 0 Å². The van der Waals surface area contributed by atoms with Crippen LogP contribution < -0.4 is 15.0 Å². The second kappa shape index (κ2) is 8.61. The second-order valence-electron chi connectivity index (χ2n) is 6.66. The molecule has 0 unspecified atom stereocenters. The van der Waals surface area contributed by atoms with Crippen LogP contribution in [0.3, 0.4) is 0 Å². The van der Waals surface area contributed by atoms with Crippen LogP contribution in [0.4, 0.5) is 10.5 Å². The van der Waals surface area contributed by atoms with Crippen LogP contribution in [0.5, 0.6) is 5.75 Å². The van der Waals surface area contributed by atoms with Gasteiger partial charge in [0.2, 0.25) is 0 Å². The molecule has 0 spiro atoms. The minimum Gasteiger partial charge on any atom is -0.494 e. The molecule has 8 heteroatoms. The summed E-state index contributed by atoms with van der Waals surface area (Å²) in [6, 6.07) is 17.0. The third-order valence-electron chi connectivity index (χ3n) is 4.68. The zero-order valence-corrected chi connectivity index (χ0v) is 18.1. The molecule has 0 atom stereocenters. The van der Waals surface area contributed by atoms with Crippen molar-refractivity contribution >= 4 is 45.5 Å². The lowest BCUT2D eigenvalue weighted by Crippen LogP contribution is -2.54. The van der Waals surface area contributed by atoms with E-state index in [0.29, 0.717) is 18.0 Å². The molecule has 31 heavy (non-hydrogen) atoms. The number of ether oxygens (including phenoxy) is 1. The van der Waals surface area contributed by atoms with Crippen LogP contribution in [0.1, 0.15) is 12.6 Å². The molecule has 1 fully saturated rings. The van der Waals surface area contributed by atoms with Gasteiger partial charge in [-0.15, -0.1) is 0 Å². The molecule has 1 aliphatic heterocycles. The summed E-state index contributed by atoms with van der Waals surface area (Å²) in [6.45, 7) is 2.49. The lowest BCUT2D eigenvalue weighted by molar-refractivity contribution is -0.122. The standard InChI is InChI=1S/C23H18BrN3O4/c1-2-31-19-11-9-16(10-12-19)26-13-3-4-18(26)14-20-21(28)25-23(30)27(22(20)29)17-7-5-15(24)6-8-17/h3-14H,2H2,1H3,(H,25,28,30)/b20-14-. The maximum atomic E-state index is 13.1. The Bertz CT molecular complexity index is 1180. The van der Waals surface area contributed by atoms with Gasteiger partial charge in [-0.05, 0) is 73.7 Å². The maximum absolute atomic E-state index is 13.1. The molecule has 0 aliphatic carbocycles. The number of aromatic nitrogens is 1. The SMILES string of the molecule is CCOc1ccc(-n2cccc2/C=C2/C(=O)NC(=O)N(c3ccc(Br)cc3)C2=O)cc1. The van der Waals surface area contributed by atoms with Crippen LogP contribution in [0.2, 0.25) is 0 Å². The van der Waals surface area contributed by atoms with E-state index in [9.17, 15) is 14.4 Å². The number of carbonyl (C=O) groups is 3. The highest BCUT2D eigenvalue weighted by atomic mass is 79.9. The number of rotatable bonds is 5. The van der Waals surface area contributed by atoms with E-state index >= 15 is 0 Å². The number of halogens is 1. The first-order chi connectivity index (χ1) is 15.0. The van der Waals surface area contributed by atoms with Gasteiger partial charge >= 0.3 is 6.03 Å². The zero-order valence-electron chi connectivity index (χ0n) is 16.5. The smallest absolute Gasteiger partial charge is 0.335 e. The molecule has 156 valence electrons. The molecule has 4 amide bonds. The average molecular weight is 480 g/mol. The lowest BCUT2D eigenvalue weighted by Gasteiger charge is -2.26. The van der Waals surface area contributed by atoms with Gasteiger partial charge in [0.25, 0.3) is 11.8 Å². The Hall–Kier alpha value is -3.65. The zero-order chi connectivity index (χ0) is 22.0. The minimum atomic E-state index is -0.781. The number of benzene rings is 2. The highest BCUT2D eigenvalue weighted by Crippen LogP contribution is 2.25. The van der Waals surface area contributed by atoms with Crippen molar-refractivity contribution in [2.45, 2.75) is 6.92 Å². The van der Waals surface area contributed by atoms with Crippen molar-refractivity contribution in [3.8, 4) is 11.4 Å². The summed E-state index contributed by atoms with van der Waals surface area (Å²) in [7, 11) is 0. The monoisotopic (exact) mass is 479 g/mol. The molecule has 1 N–H and O–H groups in total. The Morgan fingerprint density at radius 2 is 1.65 bits per heavy atom. The normalized spacial score (nSPS) is 15.4. The predicted octanol–water partition coefficient (Wildman–Crippen LogP) is 4.30. The largest absolute Gasteiger partial charge is 0.494 e. The molecule has 1 aromatic heterocycles. The number of nitrogens with zero attached hydrogens (tertiary/aromatic N) is 2. The number of nitrogens with one attached hydrogen (secondary N) is 1. The van der Waals surface area contributed by atoms with E-state index in [0.717, 1.165) is 20.8 Å². The lowest BCUT2D eigenvalue weighted by atomic mass is 10.1. The number of carbonyl (C=O) groups excluding carboxylic acids is 3. The Balaban J connectivity index is 1.69. The Morgan fingerprint density at radius 3 is 2.32 bits per heavy atom. The van der Waals surface area contributed by atoms with Crippen LogP contribution in [0.25, 0.3) is 11.8 Å². The molecule has 0 bridgehead atoms.